The van der Waals surface area contributed by atoms with Crippen molar-refractivity contribution in [1.82, 2.24) is 0 Å². The van der Waals surface area contributed by atoms with Crippen molar-refractivity contribution in [3.05, 3.63) is 52.5 Å². The van der Waals surface area contributed by atoms with Gasteiger partial charge >= 0.3 is 0 Å². The first-order valence-corrected chi connectivity index (χ1v) is 7.08. The van der Waals surface area contributed by atoms with E-state index in [-0.39, 0.29) is 11.5 Å². The summed E-state index contributed by atoms with van der Waals surface area (Å²) in [5, 5.41) is 21.5. The average Bonchev–Trinajstić information content (AvgIpc) is 2.45. The summed E-state index contributed by atoms with van der Waals surface area (Å²) in [5.74, 6) is -0.254. The largest absolute Gasteiger partial charge is 0.508 e. The molecule has 2 rings (SSSR count). The number of amides is 1. The van der Waals surface area contributed by atoms with Crippen LogP contribution in [0.25, 0.3) is 0 Å². The monoisotopic (exact) mass is 350 g/mol. The summed E-state index contributed by atoms with van der Waals surface area (Å²) in [6, 6.07) is 10.5. The molecule has 21 heavy (non-hydrogen) atoms. The van der Waals surface area contributed by atoms with Crippen LogP contribution in [0, 0.1) is 0 Å². The van der Waals surface area contributed by atoms with E-state index < -0.39 is 11.9 Å². The standard InChI is InChI=1S/C15H15BrN2O3/c16-10-3-6-14(20)13(8-10)18-15(21)12(17)7-9-1-4-11(19)5-2-9/h1-6,8,12,19-20H,7,17H2,(H,18,21). The lowest BCUT2D eigenvalue weighted by molar-refractivity contribution is -0.117. The van der Waals surface area contributed by atoms with Crippen LogP contribution in [0.15, 0.2) is 46.9 Å². The van der Waals surface area contributed by atoms with Crippen molar-refractivity contribution in [2.75, 3.05) is 5.32 Å². The second-order valence-electron chi connectivity index (χ2n) is 4.63. The Morgan fingerprint density at radius 3 is 2.52 bits per heavy atom. The van der Waals surface area contributed by atoms with Crippen LogP contribution in [-0.2, 0) is 11.2 Å². The van der Waals surface area contributed by atoms with E-state index in [9.17, 15) is 15.0 Å². The van der Waals surface area contributed by atoms with Crippen LogP contribution in [0.2, 0.25) is 0 Å². The Morgan fingerprint density at radius 2 is 1.86 bits per heavy atom. The molecule has 2 aromatic carbocycles. The molecule has 0 aliphatic heterocycles. The third-order valence-electron chi connectivity index (χ3n) is 2.95. The first-order chi connectivity index (χ1) is 9.95. The predicted octanol–water partition coefficient (Wildman–Crippen LogP) is 2.37. The van der Waals surface area contributed by atoms with E-state index in [0.717, 1.165) is 10.0 Å². The van der Waals surface area contributed by atoms with Gasteiger partial charge in [0.05, 0.1) is 11.7 Å². The van der Waals surface area contributed by atoms with Crippen molar-refractivity contribution in [1.29, 1.82) is 0 Å². The van der Waals surface area contributed by atoms with Crippen molar-refractivity contribution in [3.63, 3.8) is 0 Å². The maximum absolute atomic E-state index is 12.0. The highest BCUT2D eigenvalue weighted by Gasteiger charge is 2.16. The molecule has 5 nitrogen and oxygen atoms in total. The highest BCUT2D eigenvalue weighted by atomic mass is 79.9. The molecule has 1 amide bonds. The van der Waals surface area contributed by atoms with Gasteiger partial charge in [-0.15, -0.1) is 0 Å². The predicted molar refractivity (Wildman–Crippen MR) is 84.2 cm³/mol. The van der Waals surface area contributed by atoms with Gasteiger partial charge in [0, 0.05) is 4.47 Å². The second-order valence-corrected chi connectivity index (χ2v) is 5.54. The molecular formula is C15H15BrN2O3. The summed E-state index contributed by atoms with van der Waals surface area (Å²) >= 11 is 3.27. The normalized spacial score (nSPS) is 11.9. The smallest absolute Gasteiger partial charge is 0.241 e. The van der Waals surface area contributed by atoms with Crippen LogP contribution in [0.1, 0.15) is 5.56 Å². The Kier molecular flexibility index (Phi) is 4.82. The van der Waals surface area contributed by atoms with Gasteiger partial charge in [0.15, 0.2) is 0 Å². The van der Waals surface area contributed by atoms with Gasteiger partial charge in [-0.1, -0.05) is 28.1 Å². The molecule has 0 radical (unpaired) electrons. The molecule has 0 saturated heterocycles. The Labute approximate surface area is 130 Å². The summed E-state index contributed by atoms with van der Waals surface area (Å²) in [7, 11) is 0. The number of carbonyl (C=O) groups excluding carboxylic acids is 1. The number of halogens is 1. The maximum atomic E-state index is 12.0. The molecule has 0 heterocycles. The molecule has 110 valence electrons. The van der Waals surface area contributed by atoms with Gasteiger partial charge in [0.25, 0.3) is 0 Å². The van der Waals surface area contributed by atoms with Crippen LogP contribution in [0.5, 0.6) is 11.5 Å². The summed E-state index contributed by atoms with van der Waals surface area (Å²) in [5.41, 5.74) is 7.00. The number of hydrogen-bond donors (Lipinski definition) is 4. The van der Waals surface area contributed by atoms with Crippen LogP contribution in [-0.4, -0.2) is 22.2 Å². The van der Waals surface area contributed by atoms with E-state index in [1.165, 1.54) is 6.07 Å². The van der Waals surface area contributed by atoms with Gasteiger partial charge in [-0.25, -0.2) is 0 Å². The van der Waals surface area contributed by atoms with E-state index >= 15 is 0 Å². The molecule has 0 aliphatic carbocycles. The van der Waals surface area contributed by atoms with Gasteiger partial charge in [0.2, 0.25) is 5.91 Å². The summed E-state index contributed by atoms with van der Waals surface area (Å²) in [4.78, 5) is 12.0. The molecule has 0 aliphatic rings. The van der Waals surface area contributed by atoms with Gasteiger partial charge < -0.3 is 21.3 Å². The fraction of sp³-hybridized carbons (Fsp3) is 0.133. The fourth-order valence-electron chi connectivity index (χ4n) is 1.81. The highest BCUT2D eigenvalue weighted by Crippen LogP contribution is 2.26. The minimum atomic E-state index is -0.757. The number of carbonyl (C=O) groups is 1. The lowest BCUT2D eigenvalue weighted by atomic mass is 10.1. The summed E-state index contributed by atoms with van der Waals surface area (Å²) in [6.45, 7) is 0. The molecular weight excluding hydrogens is 336 g/mol. The van der Waals surface area contributed by atoms with Crippen LogP contribution in [0.3, 0.4) is 0 Å². The Balaban J connectivity index is 2.02. The molecule has 0 spiro atoms. The number of benzene rings is 2. The molecule has 5 N–H and O–H groups in total. The molecule has 6 heteroatoms. The molecule has 0 saturated carbocycles. The zero-order valence-corrected chi connectivity index (χ0v) is 12.7. The van der Waals surface area contributed by atoms with Crippen LogP contribution in [0.4, 0.5) is 5.69 Å². The molecule has 0 aromatic heterocycles. The first-order valence-electron chi connectivity index (χ1n) is 6.28. The zero-order chi connectivity index (χ0) is 15.4. The second kappa shape index (κ2) is 6.60. The minimum absolute atomic E-state index is 0.0246. The van der Waals surface area contributed by atoms with Crippen LogP contribution < -0.4 is 11.1 Å². The van der Waals surface area contributed by atoms with Gasteiger partial charge in [0.1, 0.15) is 11.5 Å². The van der Waals surface area contributed by atoms with E-state index in [0.29, 0.717) is 12.1 Å². The van der Waals surface area contributed by atoms with Crippen LogP contribution >= 0.6 is 15.9 Å². The van der Waals surface area contributed by atoms with Gasteiger partial charge in [-0.05, 0) is 42.3 Å². The van der Waals surface area contributed by atoms with Crippen molar-refractivity contribution >= 4 is 27.5 Å². The lowest BCUT2D eigenvalue weighted by Gasteiger charge is -2.13. The quantitative estimate of drug-likeness (QED) is 0.636. The van der Waals surface area contributed by atoms with Crippen molar-refractivity contribution < 1.29 is 15.0 Å². The topological polar surface area (TPSA) is 95.6 Å². The van der Waals surface area contributed by atoms with Gasteiger partial charge in [-0.3, -0.25) is 4.79 Å². The molecule has 1 unspecified atom stereocenters. The lowest BCUT2D eigenvalue weighted by Crippen LogP contribution is -2.37. The number of nitrogens with one attached hydrogen (secondary N) is 1. The number of phenols is 2. The highest BCUT2D eigenvalue weighted by molar-refractivity contribution is 9.10. The average molecular weight is 351 g/mol. The third kappa shape index (κ3) is 4.21. The first kappa shape index (κ1) is 15.3. The number of rotatable bonds is 4. The van der Waals surface area contributed by atoms with E-state index in [2.05, 4.69) is 21.2 Å². The maximum Gasteiger partial charge on any atom is 0.241 e. The Hall–Kier alpha value is -2.05. The fourth-order valence-corrected chi connectivity index (χ4v) is 2.17. The number of anilines is 1. The zero-order valence-electron chi connectivity index (χ0n) is 11.1. The van der Waals surface area contributed by atoms with E-state index in [1.54, 1.807) is 36.4 Å². The number of phenolic OH excluding ortho intramolecular Hbond substituents is 2. The Morgan fingerprint density at radius 1 is 1.19 bits per heavy atom. The summed E-state index contributed by atoms with van der Waals surface area (Å²) < 4.78 is 0.739. The third-order valence-corrected chi connectivity index (χ3v) is 3.44. The van der Waals surface area contributed by atoms with Crippen molar-refractivity contribution in [2.24, 2.45) is 5.73 Å². The molecule has 0 fully saturated rings. The Bertz CT molecular complexity index is 644. The number of aromatic hydroxyl groups is 2. The molecule has 1 atom stereocenters. The minimum Gasteiger partial charge on any atom is -0.508 e. The van der Waals surface area contributed by atoms with Crippen molar-refractivity contribution in [2.45, 2.75) is 12.5 Å². The van der Waals surface area contributed by atoms with Gasteiger partial charge in [-0.2, -0.15) is 0 Å². The summed E-state index contributed by atoms with van der Waals surface area (Å²) in [6.07, 6.45) is 0.334. The van der Waals surface area contributed by atoms with E-state index in [4.69, 9.17) is 5.73 Å². The SMILES string of the molecule is NC(Cc1ccc(O)cc1)C(=O)Nc1cc(Br)ccc1O. The van der Waals surface area contributed by atoms with E-state index in [1.807, 2.05) is 0 Å². The number of nitrogens with two attached hydrogens (primary N) is 1. The molecule has 2 aromatic rings. The number of hydrogen-bond acceptors (Lipinski definition) is 4. The van der Waals surface area contributed by atoms with Crippen molar-refractivity contribution in [3.8, 4) is 11.5 Å². The molecule has 0 bridgehead atoms.